The number of hydrogen-bond acceptors (Lipinski definition) is 2. The van der Waals surface area contributed by atoms with Crippen molar-refractivity contribution in [1.82, 2.24) is 15.5 Å². The summed E-state index contributed by atoms with van der Waals surface area (Å²) in [6.07, 6.45) is 0. The van der Waals surface area contributed by atoms with Gasteiger partial charge in [-0.1, -0.05) is 34.1 Å². The molecule has 1 heterocycles. The monoisotopic (exact) mass is 311 g/mol. The van der Waals surface area contributed by atoms with E-state index in [0.717, 1.165) is 30.7 Å². The van der Waals surface area contributed by atoms with Gasteiger partial charge in [-0.15, -0.1) is 0 Å². The maximum Gasteiger partial charge on any atom is 0.317 e. The minimum atomic E-state index is 0.0466. The number of carbonyl (C=O) groups excluding carboxylic acids is 1. The summed E-state index contributed by atoms with van der Waals surface area (Å²) >= 11 is 3.55. The second-order valence-electron chi connectivity index (χ2n) is 4.42. The smallest absolute Gasteiger partial charge is 0.317 e. The highest BCUT2D eigenvalue weighted by molar-refractivity contribution is 9.10. The van der Waals surface area contributed by atoms with Gasteiger partial charge in [0.1, 0.15) is 0 Å². The lowest BCUT2D eigenvalue weighted by Gasteiger charge is -2.19. The highest BCUT2D eigenvalue weighted by Crippen LogP contribution is 2.22. The van der Waals surface area contributed by atoms with E-state index in [-0.39, 0.29) is 12.1 Å². The van der Waals surface area contributed by atoms with E-state index in [4.69, 9.17) is 0 Å². The number of carbonyl (C=O) groups is 1. The summed E-state index contributed by atoms with van der Waals surface area (Å²) in [6, 6.07) is 8.50. The molecular weight excluding hydrogens is 294 g/mol. The summed E-state index contributed by atoms with van der Waals surface area (Å²) in [7, 11) is 0. The first-order valence-corrected chi connectivity index (χ1v) is 6.98. The predicted molar refractivity (Wildman–Crippen MR) is 75.5 cm³/mol. The molecule has 0 aliphatic carbocycles. The van der Waals surface area contributed by atoms with Crippen molar-refractivity contribution in [1.29, 1.82) is 0 Å². The van der Waals surface area contributed by atoms with E-state index in [2.05, 4.69) is 39.6 Å². The predicted octanol–water partition coefficient (Wildman–Crippen LogP) is 2.12. The van der Waals surface area contributed by atoms with E-state index < -0.39 is 0 Å². The lowest BCUT2D eigenvalue weighted by molar-refractivity contribution is 0.217. The molecule has 1 fully saturated rings. The first-order chi connectivity index (χ1) is 8.68. The minimum Gasteiger partial charge on any atom is -0.336 e. The second kappa shape index (κ2) is 6.20. The molecule has 18 heavy (non-hydrogen) atoms. The van der Waals surface area contributed by atoms with Gasteiger partial charge >= 0.3 is 6.03 Å². The maximum absolute atomic E-state index is 11.4. The summed E-state index contributed by atoms with van der Waals surface area (Å²) in [5.74, 6) is 0. The van der Waals surface area contributed by atoms with E-state index in [1.807, 2.05) is 23.1 Å². The number of urea groups is 1. The number of hydrogen-bond donors (Lipinski definition) is 2. The Morgan fingerprint density at radius 1 is 1.50 bits per heavy atom. The van der Waals surface area contributed by atoms with Crippen molar-refractivity contribution in [3.8, 4) is 0 Å². The fraction of sp³-hybridized carbons (Fsp3) is 0.462. The van der Waals surface area contributed by atoms with Crippen molar-refractivity contribution >= 4 is 22.0 Å². The minimum absolute atomic E-state index is 0.0466. The van der Waals surface area contributed by atoms with Gasteiger partial charge in [-0.2, -0.15) is 0 Å². The Morgan fingerprint density at radius 3 is 2.94 bits per heavy atom. The maximum atomic E-state index is 11.4. The Bertz CT molecular complexity index is 424. The van der Waals surface area contributed by atoms with Gasteiger partial charge in [0, 0.05) is 36.7 Å². The molecule has 1 atom stereocenters. The van der Waals surface area contributed by atoms with Gasteiger partial charge in [0.15, 0.2) is 0 Å². The Balaban J connectivity index is 1.80. The molecular formula is C13H18BrN3O. The third kappa shape index (κ3) is 3.23. The van der Waals surface area contributed by atoms with Gasteiger partial charge in [0.25, 0.3) is 0 Å². The molecule has 0 aromatic heterocycles. The second-order valence-corrected chi connectivity index (χ2v) is 5.27. The van der Waals surface area contributed by atoms with Gasteiger partial charge in [-0.05, 0) is 18.6 Å². The number of amides is 2. The third-order valence-corrected chi connectivity index (χ3v) is 3.87. The summed E-state index contributed by atoms with van der Waals surface area (Å²) in [5.41, 5.74) is 1.24. The average molecular weight is 312 g/mol. The quantitative estimate of drug-likeness (QED) is 0.875. The van der Waals surface area contributed by atoms with Gasteiger partial charge in [-0.25, -0.2) is 4.79 Å². The fourth-order valence-corrected chi connectivity index (χ4v) is 2.70. The van der Waals surface area contributed by atoms with Crippen LogP contribution >= 0.6 is 15.9 Å². The molecule has 0 radical (unpaired) electrons. The van der Waals surface area contributed by atoms with Crippen LogP contribution in [0.1, 0.15) is 18.5 Å². The Labute approximate surface area is 116 Å². The van der Waals surface area contributed by atoms with Crippen LogP contribution in [0.4, 0.5) is 4.79 Å². The molecule has 0 saturated carbocycles. The molecule has 0 unspecified atom stereocenters. The van der Waals surface area contributed by atoms with Crippen LogP contribution in [0.25, 0.3) is 0 Å². The van der Waals surface area contributed by atoms with E-state index in [0.29, 0.717) is 0 Å². The van der Waals surface area contributed by atoms with Gasteiger partial charge < -0.3 is 15.5 Å². The molecule has 1 aromatic carbocycles. The molecule has 1 aromatic rings. The highest BCUT2D eigenvalue weighted by Gasteiger charge is 2.18. The molecule has 1 aliphatic heterocycles. The fourth-order valence-electron chi connectivity index (χ4n) is 2.08. The van der Waals surface area contributed by atoms with Crippen LogP contribution in [-0.2, 0) is 0 Å². The summed E-state index contributed by atoms with van der Waals surface area (Å²) in [6.45, 7) is 5.25. The third-order valence-electron chi connectivity index (χ3n) is 3.15. The van der Waals surface area contributed by atoms with Crippen molar-refractivity contribution < 1.29 is 4.79 Å². The number of rotatable bonds is 5. The molecule has 0 spiro atoms. The van der Waals surface area contributed by atoms with Crippen LogP contribution in [0.5, 0.6) is 0 Å². The van der Waals surface area contributed by atoms with E-state index in [1.165, 1.54) is 5.56 Å². The number of benzene rings is 1. The molecule has 98 valence electrons. The summed E-state index contributed by atoms with van der Waals surface area (Å²) < 4.78 is 1.11. The van der Waals surface area contributed by atoms with Gasteiger partial charge in [0.2, 0.25) is 0 Å². The number of halogens is 1. The molecule has 2 N–H and O–H groups in total. The standard InChI is InChI=1S/C13H18BrN3O/c1-10(11-4-2-3-5-12(11)14)15-6-8-17-9-7-16-13(17)18/h2-5,10,15H,6-9H2,1H3,(H,16,18)/t10-/m0/s1. The molecule has 2 rings (SSSR count). The highest BCUT2D eigenvalue weighted by atomic mass is 79.9. The van der Waals surface area contributed by atoms with Gasteiger partial charge in [0.05, 0.1) is 0 Å². The number of nitrogens with zero attached hydrogens (tertiary/aromatic N) is 1. The van der Waals surface area contributed by atoms with Crippen molar-refractivity contribution in [2.75, 3.05) is 26.2 Å². The zero-order valence-electron chi connectivity index (χ0n) is 10.4. The van der Waals surface area contributed by atoms with E-state index in [9.17, 15) is 4.79 Å². The summed E-state index contributed by atoms with van der Waals surface area (Å²) in [4.78, 5) is 13.2. The normalized spacial score (nSPS) is 16.8. The SMILES string of the molecule is C[C@H](NCCN1CCNC1=O)c1ccccc1Br. The largest absolute Gasteiger partial charge is 0.336 e. The Hall–Kier alpha value is -1.07. The molecule has 1 saturated heterocycles. The van der Waals surface area contributed by atoms with Crippen LogP contribution in [0.3, 0.4) is 0 Å². The van der Waals surface area contributed by atoms with E-state index >= 15 is 0 Å². The van der Waals surface area contributed by atoms with Crippen LogP contribution in [0.2, 0.25) is 0 Å². The molecule has 5 heteroatoms. The Morgan fingerprint density at radius 2 is 2.28 bits per heavy atom. The molecule has 1 aliphatic rings. The molecule has 4 nitrogen and oxygen atoms in total. The van der Waals surface area contributed by atoms with Crippen molar-refractivity contribution in [2.24, 2.45) is 0 Å². The Kier molecular flexibility index (Phi) is 4.60. The molecule has 0 bridgehead atoms. The van der Waals surface area contributed by atoms with Crippen LogP contribution in [-0.4, -0.2) is 37.1 Å². The lowest BCUT2D eigenvalue weighted by atomic mass is 10.1. The zero-order chi connectivity index (χ0) is 13.0. The van der Waals surface area contributed by atoms with Crippen molar-refractivity contribution in [3.63, 3.8) is 0 Å². The van der Waals surface area contributed by atoms with Crippen LogP contribution in [0, 0.1) is 0 Å². The zero-order valence-corrected chi connectivity index (χ0v) is 12.0. The van der Waals surface area contributed by atoms with Gasteiger partial charge in [-0.3, -0.25) is 0 Å². The van der Waals surface area contributed by atoms with Crippen LogP contribution in [0.15, 0.2) is 28.7 Å². The summed E-state index contributed by atoms with van der Waals surface area (Å²) in [5, 5.41) is 6.24. The topological polar surface area (TPSA) is 44.4 Å². The van der Waals surface area contributed by atoms with E-state index in [1.54, 1.807) is 0 Å². The number of nitrogens with one attached hydrogen (secondary N) is 2. The van der Waals surface area contributed by atoms with Crippen molar-refractivity contribution in [2.45, 2.75) is 13.0 Å². The van der Waals surface area contributed by atoms with Crippen molar-refractivity contribution in [3.05, 3.63) is 34.3 Å². The first kappa shape index (κ1) is 13.4. The van der Waals surface area contributed by atoms with Crippen LogP contribution < -0.4 is 10.6 Å². The average Bonchev–Trinajstić information content (AvgIpc) is 2.75. The molecule has 2 amide bonds. The lowest BCUT2D eigenvalue weighted by Crippen LogP contribution is -2.35. The first-order valence-electron chi connectivity index (χ1n) is 6.19.